The van der Waals surface area contributed by atoms with Crippen LogP contribution < -0.4 is 20.3 Å². The zero-order valence-corrected chi connectivity index (χ0v) is 16.8. The number of benzene rings is 1. The molecule has 1 aromatic rings. The van der Waals surface area contributed by atoms with Crippen LogP contribution >= 0.6 is 0 Å². The van der Waals surface area contributed by atoms with Crippen molar-refractivity contribution < 1.29 is 8.42 Å². The zero-order chi connectivity index (χ0) is 19.0. The van der Waals surface area contributed by atoms with Crippen molar-refractivity contribution in [2.24, 2.45) is 4.99 Å². The summed E-state index contributed by atoms with van der Waals surface area (Å²) in [7, 11) is -3.18. The Balaban J connectivity index is 1.97. The predicted molar refractivity (Wildman–Crippen MR) is 108 cm³/mol. The van der Waals surface area contributed by atoms with Crippen LogP contribution in [-0.4, -0.2) is 53.4 Å². The number of rotatable bonds is 8. The molecule has 0 spiro atoms. The van der Waals surface area contributed by atoms with Crippen molar-refractivity contribution in [3.63, 3.8) is 0 Å². The molecule has 1 aromatic carbocycles. The minimum Gasteiger partial charge on any atom is -0.372 e. The Kier molecular flexibility index (Phi) is 7.71. The smallest absolute Gasteiger partial charge is 0.208 e. The van der Waals surface area contributed by atoms with Crippen LogP contribution in [0.2, 0.25) is 0 Å². The van der Waals surface area contributed by atoms with E-state index in [0.29, 0.717) is 12.5 Å². The summed E-state index contributed by atoms with van der Waals surface area (Å²) < 4.78 is 24.7. The highest BCUT2D eigenvalue weighted by atomic mass is 32.2. The lowest BCUT2D eigenvalue weighted by Crippen LogP contribution is -2.39. The van der Waals surface area contributed by atoms with Gasteiger partial charge in [-0.1, -0.05) is 12.1 Å². The summed E-state index contributed by atoms with van der Waals surface area (Å²) in [5.41, 5.74) is 2.47. The maximum atomic E-state index is 11.1. The molecule has 146 valence electrons. The summed E-state index contributed by atoms with van der Waals surface area (Å²) in [6.45, 7) is 7.77. The highest BCUT2D eigenvalue weighted by Crippen LogP contribution is 2.23. The van der Waals surface area contributed by atoms with E-state index in [-0.39, 0.29) is 12.6 Å². The van der Waals surface area contributed by atoms with Crippen molar-refractivity contribution >= 4 is 21.7 Å². The SMILES string of the molecule is CCNC(=NCCNS(C)(=O)=O)NC(C)c1cccc(N2CCCC2)c1. The molecule has 8 heteroatoms. The summed E-state index contributed by atoms with van der Waals surface area (Å²) in [6.07, 6.45) is 3.67. The molecule has 0 amide bonds. The van der Waals surface area contributed by atoms with Crippen molar-refractivity contribution in [1.82, 2.24) is 15.4 Å². The third-order valence-corrected chi connectivity index (χ3v) is 5.01. The summed E-state index contributed by atoms with van der Waals surface area (Å²) in [5.74, 6) is 0.682. The molecule has 1 aliphatic rings. The molecule has 1 aliphatic heterocycles. The van der Waals surface area contributed by atoms with E-state index in [2.05, 4.69) is 56.4 Å². The number of hydrogen-bond donors (Lipinski definition) is 3. The van der Waals surface area contributed by atoms with Gasteiger partial charge in [0.05, 0.1) is 18.8 Å². The first kappa shape index (κ1) is 20.5. The van der Waals surface area contributed by atoms with Gasteiger partial charge in [0.15, 0.2) is 5.96 Å². The van der Waals surface area contributed by atoms with Gasteiger partial charge in [-0.25, -0.2) is 13.1 Å². The van der Waals surface area contributed by atoms with Gasteiger partial charge in [-0.15, -0.1) is 0 Å². The molecule has 7 nitrogen and oxygen atoms in total. The van der Waals surface area contributed by atoms with Crippen molar-refractivity contribution in [3.8, 4) is 0 Å². The van der Waals surface area contributed by atoms with Gasteiger partial charge < -0.3 is 15.5 Å². The largest absolute Gasteiger partial charge is 0.372 e. The summed E-state index contributed by atoms with van der Waals surface area (Å²) in [6, 6.07) is 8.71. The Morgan fingerprint density at radius 1 is 1.31 bits per heavy atom. The van der Waals surface area contributed by atoms with Gasteiger partial charge in [-0.05, 0) is 44.4 Å². The summed E-state index contributed by atoms with van der Waals surface area (Å²) in [5, 5.41) is 6.59. The van der Waals surface area contributed by atoms with Crippen molar-refractivity contribution in [2.45, 2.75) is 32.7 Å². The van der Waals surface area contributed by atoms with Gasteiger partial charge in [-0.3, -0.25) is 4.99 Å². The van der Waals surface area contributed by atoms with Crippen LogP contribution in [0.4, 0.5) is 5.69 Å². The topological polar surface area (TPSA) is 85.8 Å². The predicted octanol–water partition coefficient (Wildman–Crippen LogP) is 1.45. The van der Waals surface area contributed by atoms with E-state index >= 15 is 0 Å². The molecule has 0 radical (unpaired) electrons. The molecular formula is C18H31N5O2S. The highest BCUT2D eigenvalue weighted by Gasteiger charge is 2.14. The molecular weight excluding hydrogens is 350 g/mol. The molecule has 0 saturated carbocycles. The minimum absolute atomic E-state index is 0.0956. The number of guanidine groups is 1. The van der Waals surface area contributed by atoms with Gasteiger partial charge in [0.1, 0.15) is 0 Å². The molecule has 26 heavy (non-hydrogen) atoms. The van der Waals surface area contributed by atoms with E-state index in [0.717, 1.165) is 25.9 Å². The second-order valence-electron chi connectivity index (χ2n) is 6.58. The lowest BCUT2D eigenvalue weighted by Gasteiger charge is -2.22. The average Bonchev–Trinajstić information content (AvgIpc) is 3.12. The average molecular weight is 382 g/mol. The number of aliphatic imine (C=N–C) groups is 1. The first-order valence-electron chi connectivity index (χ1n) is 9.23. The quantitative estimate of drug-likeness (QED) is 0.361. The van der Waals surface area contributed by atoms with E-state index in [4.69, 9.17) is 0 Å². The minimum atomic E-state index is -3.18. The summed E-state index contributed by atoms with van der Waals surface area (Å²) >= 11 is 0. The number of sulfonamides is 1. The molecule has 0 aromatic heterocycles. The molecule has 0 aliphatic carbocycles. The van der Waals surface area contributed by atoms with E-state index < -0.39 is 10.0 Å². The molecule has 1 saturated heterocycles. The van der Waals surface area contributed by atoms with Crippen molar-refractivity contribution in [2.75, 3.05) is 43.9 Å². The Morgan fingerprint density at radius 2 is 2.04 bits per heavy atom. The Labute approximate surface area is 157 Å². The number of nitrogens with zero attached hydrogens (tertiary/aromatic N) is 2. The van der Waals surface area contributed by atoms with Gasteiger partial charge in [0, 0.05) is 31.9 Å². The first-order valence-corrected chi connectivity index (χ1v) is 11.1. The molecule has 0 bridgehead atoms. The van der Waals surface area contributed by atoms with Crippen LogP contribution in [-0.2, 0) is 10.0 Å². The fourth-order valence-corrected chi connectivity index (χ4v) is 3.44. The number of nitrogens with one attached hydrogen (secondary N) is 3. The second-order valence-corrected chi connectivity index (χ2v) is 8.42. The van der Waals surface area contributed by atoms with Gasteiger partial charge in [-0.2, -0.15) is 0 Å². The van der Waals surface area contributed by atoms with E-state index in [1.165, 1.54) is 24.1 Å². The van der Waals surface area contributed by atoms with E-state index in [1.807, 2.05) is 6.92 Å². The highest BCUT2D eigenvalue weighted by molar-refractivity contribution is 7.88. The number of anilines is 1. The maximum absolute atomic E-state index is 11.1. The fourth-order valence-electron chi connectivity index (χ4n) is 2.97. The van der Waals surface area contributed by atoms with Crippen LogP contribution in [0.25, 0.3) is 0 Å². The second kappa shape index (κ2) is 9.78. The van der Waals surface area contributed by atoms with Crippen LogP contribution in [0.3, 0.4) is 0 Å². The molecule has 1 fully saturated rings. The number of hydrogen-bond acceptors (Lipinski definition) is 4. The third-order valence-electron chi connectivity index (χ3n) is 4.28. The Hall–Kier alpha value is -1.80. The summed E-state index contributed by atoms with van der Waals surface area (Å²) in [4.78, 5) is 6.86. The normalized spacial score (nSPS) is 16.6. The standard InChI is InChI=1S/C18H31N5O2S/c1-4-19-18(20-10-11-21-26(3,24)25)22-15(2)16-8-7-9-17(14-16)23-12-5-6-13-23/h7-9,14-15,21H,4-6,10-13H2,1-3H3,(H2,19,20,22). The molecule has 1 atom stereocenters. The molecule has 3 N–H and O–H groups in total. The molecule has 2 rings (SSSR count). The van der Waals surface area contributed by atoms with Crippen LogP contribution in [0.1, 0.15) is 38.3 Å². The van der Waals surface area contributed by atoms with Gasteiger partial charge in [0.25, 0.3) is 0 Å². The van der Waals surface area contributed by atoms with Crippen LogP contribution in [0, 0.1) is 0 Å². The third kappa shape index (κ3) is 6.84. The lowest BCUT2D eigenvalue weighted by molar-refractivity contribution is 0.588. The lowest BCUT2D eigenvalue weighted by atomic mass is 10.1. The zero-order valence-electron chi connectivity index (χ0n) is 16.0. The maximum Gasteiger partial charge on any atom is 0.208 e. The Bertz CT molecular complexity index is 699. The molecule has 1 unspecified atom stereocenters. The van der Waals surface area contributed by atoms with Gasteiger partial charge in [0.2, 0.25) is 10.0 Å². The van der Waals surface area contributed by atoms with Crippen molar-refractivity contribution in [3.05, 3.63) is 29.8 Å². The fraction of sp³-hybridized carbons (Fsp3) is 0.611. The van der Waals surface area contributed by atoms with Gasteiger partial charge >= 0.3 is 0 Å². The van der Waals surface area contributed by atoms with Crippen LogP contribution in [0.15, 0.2) is 29.3 Å². The van der Waals surface area contributed by atoms with Crippen molar-refractivity contribution in [1.29, 1.82) is 0 Å². The van der Waals surface area contributed by atoms with E-state index in [1.54, 1.807) is 0 Å². The first-order chi connectivity index (χ1) is 12.4. The Morgan fingerprint density at radius 3 is 2.69 bits per heavy atom. The van der Waals surface area contributed by atoms with Crippen LogP contribution in [0.5, 0.6) is 0 Å². The monoisotopic (exact) mass is 381 g/mol. The molecule has 1 heterocycles. The van der Waals surface area contributed by atoms with E-state index in [9.17, 15) is 8.42 Å².